The molecule has 0 bridgehead atoms. The Labute approximate surface area is 180 Å². The van der Waals surface area contributed by atoms with Gasteiger partial charge in [-0.1, -0.05) is 36.4 Å². The Bertz CT molecular complexity index is 415. The number of phenolic OH excluding ortho intramolecular Hbond substituents is 2. The average molecular weight is 264 g/mol. The van der Waals surface area contributed by atoms with Crippen molar-refractivity contribution in [3.8, 4) is 22.6 Å². The Hall–Kier alpha value is 1.31. The van der Waals surface area contributed by atoms with Crippen molar-refractivity contribution in [2.75, 3.05) is 0 Å². The van der Waals surface area contributed by atoms with E-state index in [9.17, 15) is 10.2 Å². The van der Waals surface area contributed by atoms with Gasteiger partial charge in [0.1, 0.15) is 11.5 Å². The number of phenols is 2. The standard InChI is InChI=1S/C12H10O2.2K/c13-11-7-3-1-5-9(11)10-6-2-4-8-12(10)14;;/h1-8,13-14H;;. The minimum Gasteiger partial charge on any atom is -0.507 e. The summed E-state index contributed by atoms with van der Waals surface area (Å²) in [4.78, 5) is 0. The Kier molecular flexibility index (Phi) is 9.11. The van der Waals surface area contributed by atoms with Crippen molar-refractivity contribution < 1.29 is 10.2 Å². The summed E-state index contributed by atoms with van der Waals surface area (Å²) in [6.45, 7) is 0. The van der Waals surface area contributed by atoms with Crippen molar-refractivity contribution in [3.63, 3.8) is 0 Å². The maximum absolute atomic E-state index is 9.58. The molecular formula is C12H10K2O2. The van der Waals surface area contributed by atoms with Gasteiger partial charge >= 0.3 is 0 Å². The number of hydrogen-bond donors (Lipinski definition) is 2. The molecule has 2 N–H and O–H groups in total. The first kappa shape index (κ1) is 17.3. The molecule has 16 heavy (non-hydrogen) atoms. The monoisotopic (exact) mass is 264 g/mol. The zero-order valence-electron chi connectivity index (χ0n) is 9.51. The van der Waals surface area contributed by atoms with Crippen molar-refractivity contribution in [1.29, 1.82) is 0 Å². The molecule has 0 heterocycles. The minimum atomic E-state index is 0. The summed E-state index contributed by atoms with van der Waals surface area (Å²) in [5.74, 6) is 0.350. The van der Waals surface area contributed by atoms with Gasteiger partial charge in [-0.05, 0) is 12.1 Å². The number of aromatic hydroxyl groups is 2. The number of para-hydroxylation sites is 2. The molecule has 2 aromatic carbocycles. The van der Waals surface area contributed by atoms with Gasteiger partial charge in [0.05, 0.1) is 0 Å². The van der Waals surface area contributed by atoms with Crippen molar-refractivity contribution in [2.45, 2.75) is 0 Å². The Morgan fingerprint density at radius 3 is 1.19 bits per heavy atom. The maximum Gasteiger partial charge on any atom is 0.123 e. The molecule has 4 heteroatoms. The van der Waals surface area contributed by atoms with Crippen molar-refractivity contribution in [3.05, 3.63) is 48.5 Å². The van der Waals surface area contributed by atoms with Gasteiger partial charge in [-0.3, -0.25) is 0 Å². The van der Waals surface area contributed by atoms with Crippen LogP contribution in [0.1, 0.15) is 0 Å². The summed E-state index contributed by atoms with van der Waals surface area (Å²) in [6.07, 6.45) is 0. The normalized spacial score (nSPS) is 8.75. The van der Waals surface area contributed by atoms with Gasteiger partial charge in [0.2, 0.25) is 0 Å². The van der Waals surface area contributed by atoms with E-state index in [4.69, 9.17) is 0 Å². The van der Waals surface area contributed by atoms with E-state index in [0.717, 1.165) is 0 Å². The first-order valence-electron chi connectivity index (χ1n) is 4.35. The fraction of sp³-hybridized carbons (Fsp3) is 0. The van der Waals surface area contributed by atoms with E-state index < -0.39 is 0 Å². The van der Waals surface area contributed by atoms with E-state index in [0.29, 0.717) is 11.1 Å². The molecule has 0 saturated carbocycles. The van der Waals surface area contributed by atoms with Crippen LogP contribution in [-0.2, 0) is 0 Å². The molecule has 0 saturated heterocycles. The largest absolute Gasteiger partial charge is 0.507 e. The van der Waals surface area contributed by atoms with Crippen LogP contribution in [0.25, 0.3) is 11.1 Å². The average Bonchev–Trinajstić information content (AvgIpc) is 2.20. The summed E-state index contributed by atoms with van der Waals surface area (Å²) in [7, 11) is 0. The first-order chi connectivity index (χ1) is 6.79. The molecule has 0 aromatic heterocycles. The Morgan fingerprint density at radius 1 is 0.562 bits per heavy atom. The van der Waals surface area contributed by atoms with Crippen molar-refractivity contribution in [2.24, 2.45) is 0 Å². The smallest absolute Gasteiger partial charge is 0.123 e. The summed E-state index contributed by atoms with van der Waals surface area (Å²) < 4.78 is 0. The van der Waals surface area contributed by atoms with Crippen LogP contribution in [0.5, 0.6) is 11.5 Å². The number of rotatable bonds is 1. The SMILES string of the molecule is Oc1ccccc1-c1ccccc1O.[K].[K]. The van der Waals surface area contributed by atoms with Crippen LogP contribution in [0.4, 0.5) is 0 Å². The Morgan fingerprint density at radius 2 is 0.875 bits per heavy atom. The van der Waals surface area contributed by atoms with Crippen molar-refractivity contribution in [1.82, 2.24) is 0 Å². The molecule has 0 aliphatic carbocycles. The third-order valence-electron chi connectivity index (χ3n) is 2.10. The topological polar surface area (TPSA) is 40.5 Å². The van der Waals surface area contributed by atoms with Crippen molar-refractivity contribution >= 4 is 103 Å². The summed E-state index contributed by atoms with van der Waals surface area (Å²) in [6, 6.07) is 13.9. The second-order valence-corrected chi connectivity index (χ2v) is 3.03. The molecule has 0 spiro atoms. The van der Waals surface area contributed by atoms with Gasteiger partial charge in [-0.25, -0.2) is 0 Å². The van der Waals surface area contributed by atoms with Gasteiger partial charge in [-0.15, -0.1) is 0 Å². The van der Waals surface area contributed by atoms with E-state index in [2.05, 4.69) is 0 Å². The van der Waals surface area contributed by atoms with Crippen LogP contribution in [0.15, 0.2) is 48.5 Å². The first-order valence-corrected chi connectivity index (χ1v) is 4.35. The molecular weight excluding hydrogens is 254 g/mol. The summed E-state index contributed by atoms with van der Waals surface area (Å²) in [5.41, 5.74) is 1.29. The van der Waals surface area contributed by atoms with Crippen LogP contribution in [-0.4, -0.2) is 113 Å². The maximum atomic E-state index is 9.58. The van der Waals surface area contributed by atoms with Crippen LogP contribution < -0.4 is 0 Å². The fourth-order valence-electron chi connectivity index (χ4n) is 1.40. The zero-order valence-corrected chi connectivity index (χ0v) is 15.8. The van der Waals surface area contributed by atoms with Gasteiger partial charge in [-0.2, -0.15) is 0 Å². The van der Waals surface area contributed by atoms with Crippen LogP contribution in [0.2, 0.25) is 0 Å². The fourth-order valence-corrected chi connectivity index (χ4v) is 1.40. The third kappa shape index (κ3) is 4.21. The zero-order chi connectivity index (χ0) is 9.97. The molecule has 0 atom stereocenters. The van der Waals surface area contributed by atoms with Gasteiger partial charge in [0, 0.05) is 114 Å². The van der Waals surface area contributed by atoms with E-state index in [-0.39, 0.29) is 114 Å². The molecule has 0 aliphatic rings. The predicted molar refractivity (Wildman–Crippen MR) is 66.7 cm³/mol. The second-order valence-electron chi connectivity index (χ2n) is 3.03. The van der Waals surface area contributed by atoms with E-state index >= 15 is 0 Å². The third-order valence-corrected chi connectivity index (χ3v) is 2.10. The molecule has 0 aliphatic heterocycles. The Balaban J connectivity index is 0.00000112. The van der Waals surface area contributed by atoms with Gasteiger partial charge in [0.25, 0.3) is 0 Å². The van der Waals surface area contributed by atoms with E-state index in [1.807, 2.05) is 12.1 Å². The molecule has 72 valence electrons. The number of benzene rings is 2. The van der Waals surface area contributed by atoms with E-state index in [1.54, 1.807) is 36.4 Å². The van der Waals surface area contributed by atoms with E-state index in [1.165, 1.54) is 0 Å². The minimum absolute atomic E-state index is 0. The summed E-state index contributed by atoms with van der Waals surface area (Å²) >= 11 is 0. The molecule has 2 nitrogen and oxygen atoms in total. The molecule has 2 aromatic rings. The molecule has 0 unspecified atom stereocenters. The summed E-state index contributed by atoms with van der Waals surface area (Å²) in [5, 5.41) is 19.2. The van der Waals surface area contributed by atoms with Crippen LogP contribution >= 0.6 is 0 Å². The van der Waals surface area contributed by atoms with Gasteiger partial charge < -0.3 is 10.2 Å². The van der Waals surface area contributed by atoms with Crippen LogP contribution in [0.3, 0.4) is 0 Å². The molecule has 0 fully saturated rings. The number of hydrogen-bond acceptors (Lipinski definition) is 2. The molecule has 2 rings (SSSR count). The van der Waals surface area contributed by atoms with Gasteiger partial charge in [0.15, 0.2) is 0 Å². The molecule has 2 radical (unpaired) electrons. The predicted octanol–water partition coefficient (Wildman–Crippen LogP) is 2.00. The second kappa shape index (κ2) is 8.42. The molecule has 0 amide bonds. The quantitative estimate of drug-likeness (QED) is 0.774. The van der Waals surface area contributed by atoms with Crippen LogP contribution in [0, 0.1) is 0 Å².